The molecule has 244 valence electrons. The number of halogens is 2. The molecule has 0 N–H and O–H groups in total. The van der Waals surface area contributed by atoms with Crippen LogP contribution in [0.2, 0.25) is 0 Å². The monoisotopic (exact) mass is 790 g/mol. The third-order valence-corrected chi connectivity index (χ3v) is 7.99. The summed E-state index contributed by atoms with van der Waals surface area (Å²) in [4.78, 5) is 0. The Morgan fingerprint density at radius 3 is 0.705 bits per heavy atom. The van der Waals surface area contributed by atoms with Gasteiger partial charge in [-0.2, -0.15) is 46.6 Å². The Hall–Kier alpha value is 0.266. The van der Waals surface area contributed by atoms with E-state index in [0.29, 0.717) is 0 Å². The fraction of sp³-hybridized carbons (Fsp3) is 0.600. The predicted molar refractivity (Wildman–Crippen MR) is 179 cm³/mol. The zero-order chi connectivity index (χ0) is 29.6. The van der Waals surface area contributed by atoms with Gasteiger partial charge in [0.2, 0.25) is 0 Å². The molecule has 0 radical (unpaired) electrons. The van der Waals surface area contributed by atoms with E-state index in [9.17, 15) is 0 Å². The molecule has 0 saturated carbocycles. The summed E-state index contributed by atoms with van der Waals surface area (Å²) in [6, 6.07) is 0. The fourth-order valence-corrected chi connectivity index (χ4v) is 5.00. The van der Waals surface area contributed by atoms with Crippen LogP contribution in [0.3, 0.4) is 0 Å². The molecule has 0 amide bonds. The molecule has 0 aromatic rings. The van der Waals surface area contributed by atoms with E-state index in [2.05, 4.69) is 104 Å². The molecule has 0 aliphatic heterocycles. The zero-order valence-corrected chi connectivity index (χ0v) is 35.8. The number of allylic oxidation sites excluding steroid dienone is 16. The van der Waals surface area contributed by atoms with E-state index in [4.69, 9.17) is 0 Å². The molecule has 0 aromatic carbocycles. The topological polar surface area (TPSA) is 0 Å². The maximum Gasteiger partial charge on any atom is 2.00 e. The Labute approximate surface area is 325 Å². The summed E-state index contributed by atoms with van der Waals surface area (Å²) in [5, 5.41) is 0. The molecular formula is C40H60Cl2Zr2-2. The normalized spacial score (nSPS) is 15.5. The van der Waals surface area contributed by atoms with Crippen LogP contribution in [-0.4, -0.2) is 0 Å². The van der Waals surface area contributed by atoms with Crippen molar-refractivity contribution in [3.8, 4) is 0 Å². The van der Waals surface area contributed by atoms with Crippen LogP contribution in [0.15, 0.2) is 68.9 Å². The van der Waals surface area contributed by atoms with Gasteiger partial charge in [0.05, 0.1) is 0 Å². The van der Waals surface area contributed by atoms with E-state index >= 15 is 0 Å². The van der Waals surface area contributed by atoms with Crippen LogP contribution in [0.1, 0.15) is 158 Å². The van der Waals surface area contributed by atoms with Crippen molar-refractivity contribution in [1.82, 2.24) is 0 Å². The molecule has 0 aromatic heterocycles. The van der Waals surface area contributed by atoms with Gasteiger partial charge in [0.25, 0.3) is 0 Å². The first kappa shape index (κ1) is 51.1. The molecule has 0 bridgehead atoms. The number of hydrogen-bond acceptors (Lipinski definition) is 0. The van der Waals surface area contributed by atoms with Gasteiger partial charge in [0, 0.05) is 0 Å². The van der Waals surface area contributed by atoms with Crippen LogP contribution in [0.25, 0.3) is 0 Å². The molecule has 0 atom stereocenters. The van der Waals surface area contributed by atoms with Gasteiger partial charge in [0.15, 0.2) is 0 Å². The summed E-state index contributed by atoms with van der Waals surface area (Å²) in [6.45, 7) is 17.6. The van der Waals surface area contributed by atoms with Gasteiger partial charge in [-0.1, -0.05) is 132 Å². The van der Waals surface area contributed by atoms with Crippen LogP contribution in [0, 0.1) is 24.3 Å². The maximum absolute atomic E-state index is 3.30. The van der Waals surface area contributed by atoms with E-state index in [1.165, 1.54) is 122 Å². The summed E-state index contributed by atoms with van der Waals surface area (Å²) >= 11 is 0. The average molecular weight is 794 g/mol. The van der Waals surface area contributed by atoms with Crippen molar-refractivity contribution in [2.24, 2.45) is 0 Å². The summed E-state index contributed by atoms with van der Waals surface area (Å²) in [5.74, 6) is 0. The Kier molecular flexibility index (Phi) is 38.5. The molecule has 4 rings (SSSR count). The van der Waals surface area contributed by atoms with E-state index in [1.807, 2.05) is 0 Å². The van der Waals surface area contributed by atoms with E-state index < -0.39 is 0 Å². The van der Waals surface area contributed by atoms with Crippen molar-refractivity contribution in [3.63, 3.8) is 0 Å². The number of hydrogen-bond donors (Lipinski definition) is 0. The zero-order valence-electron chi connectivity index (χ0n) is 29.4. The largest absolute Gasteiger partial charge is 2.00 e. The van der Waals surface area contributed by atoms with Crippen molar-refractivity contribution in [2.75, 3.05) is 0 Å². The molecule has 44 heavy (non-hydrogen) atoms. The van der Waals surface area contributed by atoms with Gasteiger partial charge >= 0.3 is 52.4 Å². The molecule has 0 nitrogen and oxygen atoms in total. The molecule has 4 aliphatic rings. The van der Waals surface area contributed by atoms with Gasteiger partial charge in [-0.15, -0.1) is 25.7 Å². The molecule has 0 spiro atoms. The summed E-state index contributed by atoms with van der Waals surface area (Å²) in [7, 11) is 0. The predicted octanol–water partition coefficient (Wildman–Crippen LogP) is 7.03. The Bertz CT molecular complexity index is 827. The third kappa shape index (κ3) is 22.7. The van der Waals surface area contributed by atoms with Crippen LogP contribution >= 0.6 is 0 Å². The van der Waals surface area contributed by atoms with E-state index in [1.54, 1.807) is 0 Å². The molecule has 4 aliphatic carbocycles. The molecule has 4 heteroatoms. The van der Waals surface area contributed by atoms with E-state index in [-0.39, 0.29) is 77.2 Å². The van der Waals surface area contributed by atoms with Gasteiger partial charge in [-0.3, -0.25) is 24.3 Å². The minimum absolute atomic E-state index is 0. The fourth-order valence-electron chi connectivity index (χ4n) is 5.00. The van der Waals surface area contributed by atoms with Crippen LogP contribution < -0.4 is 24.8 Å². The standard InChI is InChI=1S/4C10H15.2ClH.2Zr/c4*1-3-4-7-10-8-5-6-9(10)2;;;;/h4*8H,3-5,7H2,1-2H3;2*1H;;/q4*-1;;;2*+2/p-2. The summed E-state index contributed by atoms with van der Waals surface area (Å²) in [5.41, 5.74) is 11.6. The first-order valence-electron chi connectivity index (χ1n) is 16.4. The molecule has 0 heterocycles. The maximum atomic E-state index is 3.30. The number of unbranched alkanes of at least 4 members (excludes halogenated alkanes) is 4. The van der Waals surface area contributed by atoms with Gasteiger partial charge in [-0.05, 0) is 0 Å². The quantitative estimate of drug-likeness (QED) is 0.187. The van der Waals surface area contributed by atoms with Crippen LogP contribution in [-0.2, 0) is 52.4 Å². The third-order valence-electron chi connectivity index (χ3n) is 7.99. The van der Waals surface area contributed by atoms with Crippen molar-refractivity contribution in [3.05, 3.63) is 93.2 Å². The summed E-state index contributed by atoms with van der Waals surface area (Å²) in [6.07, 6.45) is 42.1. The van der Waals surface area contributed by atoms with Crippen molar-refractivity contribution in [1.29, 1.82) is 0 Å². The van der Waals surface area contributed by atoms with E-state index in [0.717, 1.165) is 25.7 Å². The Morgan fingerprint density at radius 2 is 0.591 bits per heavy atom. The van der Waals surface area contributed by atoms with Gasteiger partial charge in [-0.25, -0.2) is 22.3 Å². The second-order valence-electron chi connectivity index (χ2n) is 11.4. The van der Waals surface area contributed by atoms with Crippen LogP contribution in [0.5, 0.6) is 0 Å². The van der Waals surface area contributed by atoms with Crippen molar-refractivity contribution in [2.45, 2.75) is 158 Å². The molecular weight excluding hydrogens is 734 g/mol. The van der Waals surface area contributed by atoms with Crippen LogP contribution in [0.4, 0.5) is 0 Å². The smallest absolute Gasteiger partial charge is 1.00 e. The minimum atomic E-state index is 0. The minimum Gasteiger partial charge on any atom is -1.00 e. The van der Waals surface area contributed by atoms with Gasteiger partial charge in [0.1, 0.15) is 0 Å². The van der Waals surface area contributed by atoms with Gasteiger partial charge < -0.3 is 24.8 Å². The second-order valence-corrected chi connectivity index (χ2v) is 11.4. The SMILES string of the molecule is CCCCC1=CC[C-]=C1C.CCCCC1=CC[C-]=C1C.CCCCC1=CC[C-]=C1C.CCCCC1=CC[C-]=C1C.[Cl-].[Cl-].[Zr+2].[Zr+2]. The molecule has 0 fully saturated rings. The van der Waals surface area contributed by atoms with Crippen molar-refractivity contribution >= 4 is 0 Å². The Morgan fingerprint density at radius 1 is 0.409 bits per heavy atom. The molecule has 0 saturated heterocycles. The Balaban J connectivity index is -0.000000235. The van der Waals surface area contributed by atoms with Crippen molar-refractivity contribution < 1.29 is 77.2 Å². The average Bonchev–Trinajstić information content (AvgIpc) is 3.76. The molecule has 0 unspecified atom stereocenters. The summed E-state index contributed by atoms with van der Waals surface area (Å²) < 4.78 is 0. The number of rotatable bonds is 12. The second kappa shape index (κ2) is 33.2. The first-order chi connectivity index (χ1) is 19.4. The first-order valence-corrected chi connectivity index (χ1v) is 16.4.